The summed E-state index contributed by atoms with van der Waals surface area (Å²) in [5.74, 6) is 0.885. The first kappa shape index (κ1) is 21.2. The van der Waals surface area contributed by atoms with Crippen molar-refractivity contribution < 1.29 is 0 Å². The van der Waals surface area contributed by atoms with Gasteiger partial charge in [0.25, 0.3) is 0 Å². The van der Waals surface area contributed by atoms with Crippen LogP contribution in [0, 0.1) is 5.41 Å². The van der Waals surface area contributed by atoms with E-state index in [1.807, 2.05) is 24.7 Å². The maximum Gasteiger partial charge on any atom is 0.213 e. The summed E-state index contributed by atoms with van der Waals surface area (Å²) in [6.45, 7) is 3.26. The fraction of sp³-hybridized carbons (Fsp3) is 0.296. The lowest BCUT2D eigenvalue weighted by molar-refractivity contribution is 0.270. The van der Waals surface area contributed by atoms with Gasteiger partial charge in [-0.3, -0.25) is 9.38 Å². The van der Waals surface area contributed by atoms with Gasteiger partial charge in [-0.15, -0.1) is 0 Å². The minimum absolute atomic E-state index is 0.313. The van der Waals surface area contributed by atoms with Crippen molar-refractivity contribution in [3.63, 3.8) is 0 Å². The Morgan fingerprint density at radius 3 is 2.65 bits per heavy atom. The van der Waals surface area contributed by atoms with Gasteiger partial charge in [0.1, 0.15) is 5.65 Å². The van der Waals surface area contributed by atoms with Crippen molar-refractivity contribution in [3.05, 3.63) is 77.5 Å². The van der Waals surface area contributed by atoms with Gasteiger partial charge in [-0.2, -0.15) is 4.98 Å². The molecule has 1 aliphatic carbocycles. The number of pyridine rings is 1. The lowest BCUT2D eigenvalue weighted by Crippen LogP contribution is -2.30. The summed E-state index contributed by atoms with van der Waals surface area (Å²) in [7, 11) is 2.13. The number of aromatic nitrogens is 5. The van der Waals surface area contributed by atoms with Crippen molar-refractivity contribution in [1.29, 1.82) is 0 Å². The highest BCUT2D eigenvalue weighted by atomic mass is 35.5. The summed E-state index contributed by atoms with van der Waals surface area (Å²) >= 11 is 6.45. The van der Waals surface area contributed by atoms with Crippen molar-refractivity contribution in [2.75, 3.05) is 18.5 Å². The summed E-state index contributed by atoms with van der Waals surface area (Å²) < 4.78 is 2.08. The van der Waals surface area contributed by atoms with Crippen LogP contribution in [0.4, 0.5) is 5.95 Å². The Hall–Kier alpha value is -3.38. The molecule has 34 heavy (non-hydrogen) atoms. The number of H-pyrrole nitrogens is 1. The molecule has 1 N–H and O–H groups in total. The van der Waals surface area contributed by atoms with E-state index in [9.17, 15) is 0 Å². The van der Waals surface area contributed by atoms with E-state index in [1.54, 1.807) is 12.4 Å². The Morgan fingerprint density at radius 1 is 1.12 bits per heavy atom. The number of benzene rings is 1. The van der Waals surface area contributed by atoms with Gasteiger partial charge in [-0.1, -0.05) is 42.8 Å². The zero-order chi connectivity index (χ0) is 23.3. The molecule has 6 rings (SSSR count). The smallest absolute Gasteiger partial charge is 0.213 e. The zero-order valence-corrected chi connectivity index (χ0v) is 20.2. The van der Waals surface area contributed by atoms with Crippen LogP contribution in [0.3, 0.4) is 0 Å². The molecule has 0 bridgehead atoms. The molecule has 7 heteroatoms. The van der Waals surface area contributed by atoms with Gasteiger partial charge in [0.15, 0.2) is 5.65 Å². The Bertz CT molecular complexity index is 1470. The molecule has 0 saturated carbocycles. The van der Waals surface area contributed by atoms with E-state index in [1.165, 1.54) is 17.5 Å². The minimum Gasteiger partial charge on any atom is -0.345 e. The molecule has 0 atom stereocenters. The highest BCUT2D eigenvalue weighted by molar-refractivity contribution is 6.33. The van der Waals surface area contributed by atoms with E-state index in [-0.39, 0.29) is 0 Å². The molecule has 5 aromatic rings. The lowest BCUT2D eigenvalue weighted by Gasteiger charge is -2.30. The standard InChI is InChI=1S/C27H27ClN6/c1-3-27(14-18-6-4-5-7-19(18)15-27)9-12-33(2)26-32-24-23(25-30-11-13-34(25)26)21(16-31-24)20-8-10-29-17-22(20)28/h4-8,10-11,13,16-17,31H,3,9,12,14-15H2,1-2H3. The van der Waals surface area contributed by atoms with Crippen LogP contribution in [0.25, 0.3) is 27.8 Å². The molecular weight excluding hydrogens is 444 g/mol. The Morgan fingerprint density at radius 2 is 1.91 bits per heavy atom. The molecule has 1 aromatic carbocycles. The van der Waals surface area contributed by atoms with Crippen molar-refractivity contribution in [3.8, 4) is 11.1 Å². The first-order chi connectivity index (χ1) is 16.6. The number of fused-ring (bicyclic) bond motifs is 4. The molecule has 0 amide bonds. The molecule has 0 saturated heterocycles. The van der Waals surface area contributed by atoms with E-state index >= 15 is 0 Å². The van der Waals surface area contributed by atoms with Crippen LogP contribution in [-0.4, -0.2) is 37.9 Å². The fourth-order valence-corrected chi connectivity index (χ4v) is 5.71. The second kappa shape index (κ2) is 8.13. The highest BCUT2D eigenvalue weighted by Crippen LogP contribution is 2.42. The van der Waals surface area contributed by atoms with Crippen LogP contribution >= 0.6 is 11.6 Å². The van der Waals surface area contributed by atoms with Crippen LogP contribution < -0.4 is 4.90 Å². The molecular formula is C27H27ClN6. The Balaban J connectivity index is 1.33. The molecule has 172 valence electrons. The maximum atomic E-state index is 6.45. The number of nitrogens with one attached hydrogen (secondary N) is 1. The molecule has 0 spiro atoms. The van der Waals surface area contributed by atoms with Crippen LogP contribution in [0.15, 0.2) is 61.3 Å². The SMILES string of the molecule is CCC1(CCN(C)c2nc3[nH]cc(-c4ccncc4Cl)c3c3nccn23)Cc2ccccc2C1. The predicted molar refractivity (Wildman–Crippen MR) is 138 cm³/mol. The van der Waals surface area contributed by atoms with Crippen LogP contribution in [0.1, 0.15) is 30.9 Å². The molecule has 1 aliphatic rings. The quantitative estimate of drug-likeness (QED) is 0.333. The summed E-state index contributed by atoms with van der Waals surface area (Å²) in [5, 5.41) is 1.57. The van der Waals surface area contributed by atoms with Crippen molar-refractivity contribution in [2.45, 2.75) is 32.6 Å². The molecule has 0 radical (unpaired) electrons. The Labute approximate surface area is 203 Å². The van der Waals surface area contributed by atoms with Gasteiger partial charge in [0.2, 0.25) is 5.95 Å². The third-order valence-corrected chi connectivity index (χ3v) is 7.83. The second-order valence-electron chi connectivity index (χ2n) is 9.46. The maximum absolute atomic E-state index is 6.45. The van der Waals surface area contributed by atoms with Gasteiger partial charge < -0.3 is 9.88 Å². The molecule has 0 fully saturated rings. The molecule has 6 nitrogen and oxygen atoms in total. The number of imidazole rings is 1. The minimum atomic E-state index is 0.313. The van der Waals surface area contributed by atoms with Crippen molar-refractivity contribution in [2.24, 2.45) is 5.41 Å². The second-order valence-corrected chi connectivity index (χ2v) is 9.87. The number of halogens is 1. The monoisotopic (exact) mass is 470 g/mol. The van der Waals surface area contributed by atoms with Crippen LogP contribution in [0.2, 0.25) is 5.02 Å². The largest absolute Gasteiger partial charge is 0.345 e. The number of aromatic amines is 1. The summed E-state index contributed by atoms with van der Waals surface area (Å²) in [4.78, 5) is 19.4. The summed E-state index contributed by atoms with van der Waals surface area (Å²) in [6, 6.07) is 10.8. The summed E-state index contributed by atoms with van der Waals surface area (Å²) in [6.07, 6.45) is 13.8. The average molecular weight is 471 g/mol. The molecule has 4 aromatic heterocycles. The summed E-state index contributed by atoms with van der Waals surface area (Å²) in [5.41, 5.74) is 6.91. The number of anilines is 1. The van der Waals surface area contributed by atoms with E-state index < -0.39 is 0 Å². The van der Waals surface area contributed by atoms with Gasteiger partial charge in [0.05, 0.1) is 10.4 Å². The number of rotatable bonds is 6. The fourth-order valence-electron chi connectivity index (χ4n) is 5.49. The average Bonchev–Trinajstić information content (AvgIpc) is 3.58. The van der Waals surface area contributed by atoms with E-state index in [4.69, 9.17) is 21.6 Å². The van der Waals surface area contributed by atoms with Gasteiger partial charge in [0, 0.05) is 55.7 Å². The number of hydrogen-bond donors (Lipinski definition) is 1. The lowest BCUT2D eigenvalue weighted by atomic mass is 9.79. The third kappa shape index (κ3) is 3.36. The first-order valence-corrected chi connectivity index (χ1v) is 12.2. The normalized spacial score (nSPS) is 14.7. The number of hydrogen-bond acceptors (Lipinski definition) is 4. The third-order valence-electron chi connectivity index (χ3n) is 7.53. The van der Waals surface area contributed by atoms with Crippen molar-refractivity contribution in [1.82, 2.24) is 24.3 Å². The van der Waals surface area contributed by atoms with Gasteiger partial charge in [-0.25, -0.2) is 4.98 Å². The zero-order valence-electron chi connectivity index (χ0n) is 19.4. The van der Waals surface area contributed by atoms with Gasteiger partial charge in [-0.05, 0) is 48.3 Å². The van der Waals surface area contributed by atoms with Gasteiger partial charge >= 0.3 is 0 Å². The van der Waals surface area contributed by atoms with Crippen molar-refractivity contribution >= 4 is 34.2 Å². The highest BCUT2D eigenvalue weighted by Gasteiger charge is 2.35. The Kier molecular flexibility index (Phi) is 5.06. The molecule has 0 unspecified atom stereocenters. The van der Waals surface area contributed by atoms with Crippen LogP contribution in [-0.2, 0) is 12.8 Å². The van der Waals surface area contributed by atoms with E-state index in [2.05, 4.69) is 57.5 Å². The van der Waals surface area contributed by atoms with E-state index in [0.29, 0.717) is 10.4 Å². The first-order valence-electron chi connectivity index (χ1n) is 11.8. The topological polar surface area (TPSA) is 62.1 Å². The predicted octanol–water partition coefficient (Wildman–Crippen LogP) is 5.95. The molecule has 4 heterocycles. The molecule has 0 aliphatic heterocycles. The van der Waals surface area contributed by atoms with Crippen LogP contribution in [0.5, 0.6) is 0 Å². The van der Waals surface area contributed by atoms with E-state index in [0.717, 1.165) is 59.6 Å². The number of nitrogens with zero attached hydrogens (tertiary/aromatic N) is 5.